The van der Waals surface area contributed by atoms with Gasteiger partial charge < -0.3 is 10.1 Å². The van der Waals surface area contributed by atoms with Gasteiger partial charge in [-0.15, -0.1) is 0 Å². The molecular formula is C17H23NOS. The Balaban J connectivity index is 0.000000347. The van der Waals surface area contributed by atoms with Gasteiger partial charge in [-0.1, -0.05) is 57.8 Å². The molecule has 0 aliphatic heterocycles. The van der Waals surface area contributed by atoms with Crippen molar-refractivity contribution >= 4 is 28.5 Å². The van der Waals surface area contributed by atoms with E-state index < -0.39 is 0 Å². The molecule has 0 bridgehead atoms. The van der Waals surface area contributed by atoms with Crippen LogP contribution in [0.5, 0.6) is 0 Å². The van der Waals surface area contributed by atoms with Crippen LogP contribution in [0, 0.1) is 5.41 Å². The Labute approximate surface area is 126 Å². The highest BCUT2D eigenvalue weighted by Gasteiger charge is 2.16. The van der Waals surface area contributed by atoms with Gasteiger partial charge in [-0.25, -0.2) is 0 Å². The van der Waals surface area contributed by atoms with Gasteiger partial charge in [0.25, 0.3) is 0 Å². The van der Waals surface area contributed by atoms with Gasteiger partial charge in [0.15, 0.2) is 0 Å². The van der Waals surface area contributed by atoms with E-state index in [1.54, 1.807) is 0 Å². The number of aromatic nitrogens is 1. The molecule has 2 rings (SSSR count). The summed E-state index contributed by atoms with van der Waals surface area (Å²) in [6.07, 6.45) is 3.74. The predicted octanol–water partition coefficient (Wildman–Crippen LogP) is 5.20. The highest BCUT2D eigenvalue weighted by Crippen LogP contribution is 2.25. The fourth-order valence-corrected chi connectivity index (χ4v) is 1.89. The maximum atomic E-state index is 8.17. The highest BCUT2D eigenvalue weighted by molar-refractivity contribution is 7.79. The van der Waals surface area contributed by atoms with E-state index in [-0.39, 0.29) is 11.2 Å². The molecule has 0 atom stereocenters. The number of benzene rings is 1. The second-order valence-corrected chi connectivity index (χ2v) is 5.80. The second kappa shape index (κ2) is 7.25. The minimum Gasteiger partial charge on any atom is -0.513 e. The monoisotopic (exact) mass is 289 g/mol. The summed E-state index contributed by atoms with van der Waals surface area (Å²) in [5, 5.41) is 11.3. The molecule has 20 heavy (non-hydrogen) atoms. The largest absolute Gasteiger partial charge is 0.513 e. The van der Waals surface area contributed by atoms with Crippen LogP contribution in [0.15, 0.2) is 42.8 Å². The maximum absolute atomic E-state index is 8.17. The molecule has 0 saturated heterocycles. The summed E-state index contributed by atoms with van der Waals surface area (Å²) in [6.45, 7) is 9.42. The van der Waals surface area contributed by atoms with E-state index >= 15 is 0 Å². The van der Waals surface area contributed by atoms with Crippen molar-refractivity contribution in [1.82, 2.24) is 4.98 Å². The number of aliphatic hydroxyl groups is 1. The third kappa shape index (κ3) is 4.82. The summed E-state index contributed by atoms with van der Waals surface area (Å²) >= 11 is 5.05. The van der Waals surface area contributed by atoms with Gasteiger partial charge in [0.05, 0.1) is 5.76 Å². The topological polar surface area (TPSA) is 36.0 Å². The quantitative estimate of drug-likeness (QED) is 0.599. The molecule has 108 valence electrons. The average Bonchev–Trinajstić information content (AvgIpc) is 2.82. The van der Waals surface area contributed by atoms with Crippen LogP contribution in [-0.2, 0) is 6.42 Å². The van der Waals surface area contributed by atoms with Gasteiger partial charge >= 0.3 is 0 Å². The number of aromatic amines is 1. The van der Waals surface area contributed by atoms with Gasteiger partial charge in [-0.2, -0.15) is 0 Å². The third-order valence-corrected chi connectivity index (χ3v) is 3.69. The van der Waals surface area contributed by atoms with Crippen LogP contribution in [0.4, 0.5) is 0 Å². The molecule has 0 aliphatic carbocycles. The number of fused-ring (bicyclic) bond motifs is 1. The molecule has 0 amide bonds. The standard InChI is InChI=1S/C13H15NS.C4H8O/c1-13(2,9-15)7-10-8-14-12-6-4-3-5-11(10)12;1-3-4(2)5/h3-6,8-9,14H,7H2,1-2H3;5H,2-3H2,1H3. The normalized spacial score (nSPS) is 10.8. The fourth-order valence-electron chi connectivity index (χ4n) is 1.81. The Kier molecular flexibility index (Phi) is 5.96. The van der Waals surface area contributed by atoms with Crippen LogP contribution in [0.2, 0.25) is 0 Å². The maximum Gasteiger partial charge on any atom is 0.0848 e. The summed E-state index contributed by atoms with van der Waals surface area (Å²) in [7, 11) is 0. The molecule has 3 heteroatoms. The number of rotatable bonds is 4. The van der Waals surface area contributed by atoms with Crippen LogP contribution < -0.4 is 0 Å². The Morgan fingerprint density at radius 2 is 2.00 bits per heavy atom. The Bertz CT molecular complexity index is 583. The zero-order valence-electron chi connectivity index (χ0n) is 12.4. The first kappa shape index (κ1) is 16.4. The van der Waals surface area contributed by atoms with Crippen LogP contribution in [0.25, 0.3) is 10.9 Å². The van der Waals surface area contributed by atoms with Crippen molar-refractivity contribution in [3.63, 3.8) is 0 Å². The molecule has 1 aromatic heterocycles. The fraction of sp³-hybridized carbons (Fsp3) is 0.353. The molecule has 2 N–H and O–H groups in total. The van der Waals surface area contributed by atoms with Gasteiger partial charge in [0, 0.05) is 23.5 Å². The van der Waals surface area contributed by atoms with Gasteiger partial charge in [0.1, 0.15) is 0 Å². The molecular weight excluding hydrogens is 266 g/mol. The number of thiocarbonyl (C=S) groups is 1. The van der Waals surface area contributed by atoms with E-state index in [2.05, 4.69) is 49.8 Å². The summed E-state index contributed by atoms with van der Waals surface area (Å²) in [6, 6.07) is 8.38. The van der Waals surface area contributed by atoms with Crippen molar-refractivity contribution < 1.29 is 5.11 Å². The Hall–Kier alpha value is -1.61. The first-order valence-electron chi connectivity index (χ1n) is 6.77. The van der Waals surface area contributed by atoms with Crippen molar-refractivity contribution in [1.29, 1.82) is 0 Å². The molecule has 2 nitrogen and oxygen atoms in total. The molecule has 2 aromatic rings. The molecule has 0 spiro atoms. The first-order valence-corrected chi connectivity index (χ1v) is 7.25. The van der Waals surface area contributed by atoms with Crippen molar-refractivity contribution in [2.45, 2.75) is 33.6 Å². The second-order valence-electron chi connectivity index (χ2n) is 5.56. The van der Waals surface area contributed by atoms with E-state index in [0.717, 1.165) is 6.42 Å². The SMILES string of the molecule is C=C(O)CC.CC(C)(C=S)Cc1c[nH]c2ccccc12. The lowest BCUT2D eigenvalue weighted by Crippen LogP contribution is -2.14. The molecule has 0 unspecified atom stereocenters. The van der Waals surface area contributed by atoms with Gasteiger partial charge in [-0.05, 0) is 28.8 Å². The third-order valence-electron chi connectivity index (χ3n) is 3.05. The smallest absolute Gasteiger partial charge is 0.0848 e. The number of nitrogens with one attached hydrogen (secondary N) is 1. The number of allylic oxidation sites excluding steroid dienone is 1. The molecule has 1 heterocycles. The van der Waals surface area contributed by atoms with Crippen LogP contribution in [0.3, 0.4) is 0 Å². The molecule has 0 radical (unpaired) electrons. The van der Waals surface area contributed by atoms with Gasteiger partial charge in [0.2, 0.25) is 0 Å². The zero-order chi connectivity index (χ0) is 15.2. The highest BCUT2D eigenvalue weighted by atomic mass is 32.1. The van der Waals surface area contributed by atoms with Crippen molar-refractivity contribution in [2.24, 2.45) is 5.41 Å². The minimum atomic E-state index is 0.0836. The molecule has 0 fully saturated rings. The minimum absolute atomic E-state index is 0.0836. The zero-order valence-corrected chi connectivity index (χ0v) is 13.3. The lowest BCUT2D eigenvalue weighted by atomic mass is 9.88. The predicted molar refractivity (Wildman–Crippen MR) is 91.5 cm³/mol. The number of aliphatic hydroxyl groups excluding tert-OH is 1. The van der Waals surface area contributed by atoms with Crippen molar-refractivity contribution in [2.75, 3.05) is 0 Å². The number of H-pyrrole nitrogens is 1. The first-order chi connectivity index (χ1) is 9.39. The van der Waals surface area contributed by atoms with E-state index in [9.17, 15) is 0 Å². The van der Waals surface area contributed by atoms with Gasteiger partial charge in [-0.3, -0.25) is 0 Å². The van der Waals surface area contributed by atoms with E-state index in [1.807, 2.05) is 18.4 Å². The summed E-state index contributed by atoms with van der Waals surface area (Å²) < 4.78 is 0. The summed E-state index contributed by atoms with van der Waals surface area (Å²) in [5.41, 5.74) is 2.63. The van der Waals surface area contributed by atoms with Crippen molar-refractivity contribution in [3.8, 4) is 0 Å². The number of para-hydroxylation sites is 1. The Morgan fingerprint density at radius 1 is 1.40 bits per heavy atom. The summed E-state index contributed by atoms with van der Waals surface area (Å²) in [5.74, 6) is 0.255. The lowest BCUT2D eigenvalue weighted by Gasteiger charge is -2.17. The van der Waals surface area contributed by atoms with Crippen LogP contribution in [-0.4, -0.2) is 15.5 Å². The molecule has 0 aliphatic rings. The molecule has 0 saturated carbocycles. The van der Waals surface area contributed by atoms with Crippen LogP contribution in [0.1, 0.15) is 32.8 Å². The Morgan fingerprint density at radius 3 is 2.55 bits per heavy atom. The number of hydrogen-bond acceptors (Lipinski definition) is 2. The van der Waals surface area contributed by atoms with Crippen LogP contribution >= 0.6 is 12.2 Å². The summed E-state index contributed by atoms with van der Waals surface area (Å²) in [4.78, 5) is 3.29. The average molecular weight is 289 g/mol. The van der Waals surface area contributed by atoms with Crippen molar-refractivity contribution in [3.05, 3.63) is 48.4 Å². The molecule has 1 aromatic carbocycles. The van der Waals surface area contributed by atoms with E-state index in [1.165, 1.54) is 16.5 Å². The number of hydrogen-bond donors (Lipinski definition) is 2. The van der Waals surface area contributed by atoms with E-state index in [0.29, 0.717) is 6.42 Å². The lowest BCUT2D eigenvalue weighted by molar-refractivity contribution is 0.397. The van der Waals surface area contributed by atoms with E-state index in [4.69, 9.17) is 17.3 Å².